The molecular formula is C13H17FN2O2S. The van der Waals surface area contributed by atoms with Crippen molar-refractivity contribution < 1.29 is 14.3 Å². The minimum atomic E-state index is -1.13. The van der Waals surface area contributed by atoms with Crippen molar-refractivity contribution in [2.75, 3.05) is 30.0 Å². The van der Waals surface area contributed by atoms with E-state index in [1.54, 1.807) is 0 Å². The third kappa shape index (κ3) is 2.94. The maximum Gasteiger partial charge on any atom is 0.337 e. The SMILES string of the molecule is CSC1CCN(c2cc(C(=O)O)c(N)cc2F)CC1. The van der Waals surface area contributed by atoms with Gasteiger partial charge in [-0.2, -0.15) is 11.8 Å². The molecule has 0 amide bonds. The highest BCUT2D eigenvalue weighted by Gasteiger charge is 2.22. The van der Waals surface area contributed by atoms with E-state index in [2.05, 4.69) is 6.26 Å². The van der Waals surface area contributed by atoms with Crippen LogP contribution in [-0.2, 0) is 0 Å². The number of piperidine rings is 1. The molecule has 4 nitrogen and oxygen atoms in total. The number of nitrogens with zero attached hydrogens (tertiary/aromatic N) is 1. The number of hydrogen-bond donors (Lipinski definition) is 2. The van der Waals surface area contributed by atoms with Crippen LogP contribution in [-0.4, -0.2) is 35.7 Å². The van der Waals surface area contributed by atoms with Gasteiger partial charge in [0, 0.05) is 24.0 Å². The molecule has 1 fully saturated rings. The highest BCUT2D eigenvalue weighted by atomic mass is 32.2. The molecule has 0 aliphatic carbocycles. The Hall–Kier alpha value is -1.43. The number of benzene rings is 1. The number of hydrogen-bond acceptors (Lipinski definition) is 4. The molecule has 2 rings (SSSR count). The molecule has 0 saturated carbocycles. The molecule has 3 N–H and O–H groups in total. The molecule has 0 aromatic heterocycles. The zero-order chi connectivity index (χ0) is 14.0. The maximum absolute atomic E-state index is 13.9. The van der Waals surface area contributed by atoms with Crippen LogP contribution in [0.3, 0.4) is 0 Å². The monoisotopic (exact) mass is 284 g/mol. The average Bonchev–Trinajstić information content (AvgIpc) is 2.38. The lowest BCUT2D eigenvalue weighted by Gasteiger charge is -2.33. The predicted octanol–water partition coefficient (Wildman–Crippen LogP) is 2.44. The molecule has 0 atom stereocenters. The van der Waals surface area contributed by atoms with Crippen molar-refractivity contribution in [1.29, 1.82) is 0 Å². The number of halogens is 1. The Balaban J connectivity index is 2.25. The zero-order valence-electron chi connectivity index (χ0n) is 10.7. The zero-order valence-corrected chi connectivity index (χ0v) is 11.5. The van der Waals surface area contributed by atoms with E-state index < -0.39 is 11.8 Å². The topological polar surface area (TPSA) is 66.6 Å². The fourth-order valence-corrected chi connectivity index (χ4v) is 3.02. The summed E-state index contributed by atoms with van der Waals surface area (Å²) in [6.45, 7) is 1.48. The van der Waals surface area contributed by atoms with E-state index in [-0.39, 0.29) is 11.3 Å². The molecule has 1 aliphatic heterocycles. The van der Waals surface area contributed by atoms with Crippen LogP contribution >= 0.6 is 11.8 Å². The second-order valence-corrected chi connectivity index (χ2v) is 5.76. The molecule has 1 heterocycles. The summed E-state index contributed by atoms with van der Waals surface area (Å²) in [5.74, 6) is -1.58. The number of nitrogen functional groups attached to an aromatic ring is 1. The van der Waals surface area contributed by atoms with Gasteiger partial charge in [0.1, 0.15) is 5.82 Å². The fourth-order valence-electron chi connectivity index (χ4n) is 2.34. The largest absolute Gasteiger partial charge is 0.478 e. The third-order valence-electron chi connectivity index (χ3n) is 3.47. The molecule has 6 heteroatoms. The summed E-state index contributed by atoms with van der Waals surface area (Å²) in [7, 11) is 0. The van der Waals surface area contributed by atoms with Crippen molar-refractivity contribution in [3.05, 3.63) is 23.5 Å². The van der Waals surface area contributed by atoms with Gasteiger partial charge in [-0.1, -0.05) is 0 Å². The lowest BCUT2D eigenvalue weighted by atomic mass is 10.1. The van der Waals surface area contributed by atoms with Gasteiger partial charge in [-0.3, -0.25) is 0 Å². The molecule has 19 heavy (non-hydrogen) atoms. The summed E-state index contributed by atoms with van der Waals surface area (Å²) in [6, 6.07) is 2.44. The molecule has 0 bridgehead atoms. The summed E-state index contributed by atoms with van der Waals surface area (Å²) in [4.78, 5) is 12.9. The minimum absolute atomic E-state index is 0.0345. The molecule has 1 aromatic rings. The van der Waals surface area contributed by atoms with Gasteiger partial charge in [0.25, 0.3) is 0 Å². The van der Waals surface area contributed by atoms with Gasteiger partial charge in [0.05, 0.1) is 11.3 Å². The summed E-state index contributed by atoms with van der Waals surface area (Å²) >= 11 is 1.82. The predicted molar refractivity (Wildman–Crippen MR) is 76.5 cm³/mol. The van der Waals surface area contributed by atoms with E-state index in [0.717, 1.165) is 32.0 Å². The lowest BCUT2D eigenvalue weighted by molar-refractivity contribution is 0.0698. The normalized spacial score (nSPS) is 16.6. The first-order chi connectivity index (χ1) is 9.02. The van der Waals surface area contributed by atoms with E-state index in [9.17, 15) is 9.18 Å². The standard InChI is InChI=1S/C13H17FN2O2S/c1-19-8-2-4-16(5-3-8)12-6-9(13(17)18)11(15)7-10(12)14/h6-8H,2-5,15H2,1H3,(H,17,18). The second-order valence-electron chi connectivity index (χ2n) is 4.62. The number of thioether (sulfide) groups is 1. The number of anilines is 2. The first-order valence-electron chi connectivity index (χ1n) is 6.13. The molecule has 0 spiro atoms. The summed E-state index contributed by atoms with van der Waals surface area (Å²) in [5.41, 5.74) is 5.79. The Labute approximate surface area is 115 Å². The van der Waals surface area contributed by atoms with Crippen LogP contribution in [0.1, 0.15) is 23.2 Å². The van der Waals surface area contributed by atoms with Crippen LogP contribution in [0.15, 0.2) is 12.1 Å². The van der Waals surface area contributed by atoms with Crippen molar-refractivity contribution in [1.82, 2.24) is 0 Å². The van der Waals surface area contributed by atoms with Gasteiger partial charge < -0.3 is 15.7 Å². The van der Waals surface area contributed by atoms with Gasteiger partial charge >= 0.3 is 5.97 Å². The lowest BCUT2D eigenvalue weighted by Crippen LogP contribution is -2.35. The fraction of sp³-hybridized carbons (Fsp3) is 0.462. The van der Waals surface area contributed by atoms with Gasteiger partial charge in [0.15, 0.2) is 0 Å². The van der Waals surface area contributed by atoms with Crippen molar-refractivity contribution in [2.45, 2.75) is 18.1 Å². The highest BCUT2D eigenvalue weighted by molar-refractivity contribution is 7.99. The number of carboxylic acid groups (broad SMARTS) is 1. The van der Waals surface area contributed by atoms with Crippen molar-refractivity contribution in [3.8, 4) is 0 Å². The van der Waals surface area contributed by atoms with E-state index in [4.69, 9.17) is 10.8 Å². The van der Waals surface area contributed by atoms with E-state index in [1.807, 2.05) is 16.7 Å². The smallest absolute Gasteiger partial charge is 0.337 e. The first-order valence-corrected chi connectivity index (χ1v) is 7.41. The Morgan fingerprint density at radius 1 is 1.47 bits per heavy atom. The van der Waals surface area contributed by atoms with Crippen LogP contribution < -0.4 is 10.6 Å². The van der Waals surface area contributed by atoms with Crippen LogP contribution in [0.4, 0.5) is 15.8 Å². The van der Waals surface area contributed by atoms with E-state index >= 15 is 0 Å². The van der Waals surface area contributed by atoms with E-state index in [0.29, 0.717) is 10.9 Å². The van der Waals surface area contributed by atoms with E-state index in [1.165, 1.54) is 6.07 Å². The van der Waals surface area contributed by atoms with Gasteiger partial charge in [-0.25, -0.2) is 9.18 Å². The highest BCUT2D eigenvalue weighted by Crippen LogP contribution is 2.30. The first kappa shape index (κ1) is 14.0. The second kappa shape index (κ2) is 5.69. The number of nitrogens with two attached hydrogens (primary N) is 1. The van der Waals surface area contributed by atoms with Crippen molar-refractivity contribution >= 4 is 29.1 Å². The summed E-state index contributed by atoms with van der Waals surface area (Å²) in [5, 5.41) is 9.64. The van der Waals surface area contributed by atoms with Crippen molar-refractivity contribution in [2.24, 2.45) is 0 Å². The number of aromatic carboxylic acids is 1. The Morgan fingerprint density at radius 3 is 2.63 bits per heavy atom. The van der Waals surface area contributed by atoms with Gasteiger partial charge in [-0.05, 0) is 31.2 Å². The van der Waals surface area contributed by atoms with Crippen LogP contribution in [0.5, 0.6) is 0 Å². The molecule has 0 radical (unpaired) electrons. The minimum Gasteiger partial charge on any atom is -0.478 e. The summed E-state index contributed by atoms with van der Waals surface area (Å²) < 4.78 is 13.9. The molecule has 1 aliphatic rings. The summed E-state index contributed by atoms with van der Waals surface area (Å²) in [6.07, 6.45) is 4.04. The van der Waals surface area contributed by atoms with Gasteiger partial charge in [-0.15, -0.1) is 0 Å². The van der Waals surface area contributed by atoms with Crippen LogP contribution in [0.2, 0.25) is 0 Å². The van der Waals surface area contributed by atoms with Crippen molar-refractivity contribution in [3.63, 3.8) is 0 Å². The number of carboxylic acids is 1. The Kier molecular flexibility index (Phi) is 4.19. The number of rotatable bonds is 3. The van der Waals surface area contributed by atoms with Crippen LogP contribution in [0, 0.1) is 5.82 Å². The quantitative estimate of drug-likeness (QED) is 0.835. The van der Waals surface area contributed by atoms with Crippen LogP contribution in [0.25, 0.3) is 0 Å². The number of carbonyl (C=O) groups is 1. The Bertz CT molecular complexity index is 488. The molecule has 104 valence electrons. The Morgan fingerprint density at radius 2 is 2.11 bits per heavy atom. The molecule has 1 saturated heterocycles. The molecule has 0 unspecified atom stereocenters. The third-order valence-corrected chi connectivity index (χ3v) is 4.60. The molecule has 1 aromatic carbocycles. The van der Waals surface area contributed by atoms with Gasteiger partial charge in [0.2, 0.25) is 0 Å². The molecular weight excluding hydrogens is 267 g/mol. The maximum atomic E-state index is 13.9. The average molecular weight is 284 g/mol.